The van der Waals surface area contributed by atoms with E-state index in [1.54, 1.807) is 7.11 Å². The molecule has 1 unspecified atom stereocenters. The molecule has 1 saturated heterocycles. The zero-order valence-electron chi connectivity index (χ0n) is 14.7. The van der Waals surface area contributed by atoms with E-state index >= 15 is 0 Å². The number of rotatable bonds is 9. The van der Waals surface area contributed by atoms with Crippen molar-refractivity contribution in [3.05, 3.63) is 71.8 Å². The van der Waals surface area contributed by atoms with Crippen LogP contribution in [0.4, 0.5) is 0 Å². The van der Waals surface area contributed by atoms with Gasteiger partial charge in [0.15, 0.2) is 6.29 Å². The maximum Gasteiger partial charge on any atom is 0.157 e. The number of ether oxygens (including phenoxy) is 4. The third-order valence-electron chi connectivity index (χ3n) is 4.39. The Balaban J connectivity index is 1.54. The minimum absolute atomic E-state index is 0.00411. The summed E-state index contributed by atoms with van der Waals surface area (Å²) < 4.78 is 23.3. The molecule has 25 heavy (non-hydrogen) atoms. The van der Waals surface area contributed by atoms with Crippen molar-refractivity contribution in [2.24, 2.45) is 0 Å². The molecule has 0 spiro atoms. The van der Waals surface area contributed by atoms with Gasteiger partial charge in [-0.2, -0.15) is 0 Å². The largest absolute Gasteiger partial charge is 0.374 e. The highest BCUT2D eigenvalue weighted by atomic mass is 16.7. The van der Waals surface area contributed by atoms with E-state index in [4.69, 9.17) is 18.9 Å². The zero-order valence-corrected chi connectivity index (χ0v) is 14.7. The van der Waals surface area contributed by atoms with Crippen LogP contribution < -0.4 is 0 Å². The molecule has 1 heterocycles. The first kappa shape index (κ1) is 18.1. The van der Waals surface area contributed by atoms with Gasteiger partial charge in [0.25, 0.3) is 0 Å². The lowest BCUT2D eigenvalue weighted by Crippen LogP contribution is -2.34. The molecule has 0 radical (unpaired) electrons. The van der Waals surface area contributed by atoms with E-state index in [-0.39, 0.29) is 18.5 Å². The summed E-state index contributed by atoms with van der Waals surface area (Å²) in [7, 11) is 1.68. The van der Waals surface area contributed by atoms with Gasteiger partial charge >= 0.3 is 0 Å². The highest BCUT2D eigenvalue weighted by Crippen LogP contribution is 2.25. The summed E-state index contributed by atoms with van der Waals surface area (Å²) in [5.74, 6) is 0. The lowest BCUT2D eigenvalue weighted by Gasteiger charge is -2.24. The summed E-state index contributed by atoms with van der Waals surface area (Å²) >= 11 is 0. The van der Waals surface area contributed by atoms with Gasteiger partial charge in [0.1, 0.15) is 6.10 Å². The normalized spacial score (nSPS) is 21.3. The molecule has 0 aliphatic carbocycles. The Morgan fingerprint density at radius 1 is 0.920 bits per heavy atom. The number of hydrogen-bond acceptors (Lipinski definition) is 4. The van der Waals surface area contributed by atoms with Gasteiger partial charge in [0.05, 0.1) is 25.9 Å². The van der Waals surface area contributed by atoms with Crippen LogP contribution in [0, 0.1) is 0 Å². The molecular weight excluding hydrogens is 316 g/mol. The van der Waals surface area contributed by atoms with Crippen LogP contribution in [0.1, 0.15) is 24.0 Å². The third-order valence-corrected chi connectivity index (χ3v) is 4.39. The summed E-state index contributed by atoms with van der Waals surface area (Å²) in [6.07, 6.45) is 1.58. The Morgan fingerprint density at radius 2 is 1.56 bits per heavy atom. The fraction of sp³-hybridized carbons (Fsp3) is 0.429. The van der Waals surface area contributed by atoms with Crippen molar-refractivity contribution in [3.63, 3.8) is 0 Å². The first-order chi connectivity index (χ1) is 12.3. The molecule has 134 valence electrons. The molecule has 1 aliphatic rings. The second-order valence-corrected chi connectivity index (χ2v) is 6.25. The van der Waals surface area contributed by atoms with Crippen molar-refractivity contribution >= 4 is 0 Å². The van der Waals surface area contributed by atoms with Crippen LogP contribution in [0.2, 0.25) is 0 Å². The van der Waals surface area contributed by atoms with Crippen LogP contribution >= 0.6 is 0 Å². The molecular formula is C21H26O4. The minimum atomic E-state index is -0.137. The molecule has 2 aromatic carbocycles. The van der Waals surface area contributed by atoms with Gasteiger partial charge in [-0.1, -0.05) is 60.7 Å². The smallest absolute Gasteiger partial charge is 0.157 e. The summed E-state index contributed by atoms with van der Waals surface area (Å²) in [5.41, 5.74) is 2.31. The average molecular weight is 342 g/mol. The molecule has 4 heteroatoms. The van der Waals surface area contributed by atoms with E-state index in [1.807, 2.05) is 36.4 Å². The lowest BCUT2D eigenvalue weighted by atomic mass is 10.1. The molecule has 4 nitrogen and oxygen atoms in total. The number of methoxy groups -OCH3 is 1. The van der Waals surface area contributed by atoms with Gasteiger partial charge in [-0.05, 0) is 17.5 Å². The van der Waals surface area contributed by atoms with E-state index in [1.165, 1.54) is 0 Å². The van der Waals surface area contributed by atoms with Crippen LogP contribution in [0.25, 0.3) is 0 Å². The standard InChI is InChI=1S/C21H26O4/c1-22-21-13-12-19(25-21)20(24-15-18-10-6-3-7-11-18)16-23-14-17-8-4-2-5-9-17/h2-11,19-21H,12-16H2,1H3/t19-,20+,21?/m0/s1. The first-order valence-corrected chi connectivity index (χ1v) is 8.80. The molecule has 0 amide bonds. The van der Waals surface area contributed by atoms with E-state index in [0.717, 1.165) is 24.0 Å². The van der Waals surface area contributed by atoms with E-state index in [9.17, 15) is 0 Å². The molecule has 3 atom stereocenters. The fourth-order valence-electron chi connectivity index (χ4n) is 2.99. The highest BCUT2D eigenvalue weighted by Gasteiger charge is 2.32. The molecule has 0 N–H and O–H groups in total. The predicted molar refractivity (Wildman–Crippen MR) is 96.0 cm³/mol. The van der Waals surface area contributed by atoms with Gasteiger partial charge in [0, 0.05) is 13.5 Å². The van der Waals surface area contributed by atoms with Crippen LogP contribution in [0.3, 0.4) is 0 Å². The van der Waals surface area contributed by atoms with E-state index in [2.05, 4.69) is 24.3 Å². The Kier molecular flexibility index (Phi) is 7.00. The van der Waals surface area contributed by atoms with Crippen LogP contribution in [-0.4, -0.2) is 32.2 Å². The number of hydrogen-bond donors (Lipinski definition) is 0. The molecule has 1 aliphatic heterocycles. The second kappa shape index (κ2) is 9.68. The Hall–Kier alpha value is -1.72. The fourth-order valence-corrected chi connectivity index (χ4v) is 2.99. The van der Waals surface area contributed by atoms with Gasteiger partial charge in [-0.15, -0.1) is 0 Å². The molecule has 0 saturated carbocycles. The quantitative estimate of drug-likeness (QED) is 0.692. The molecule has 0 bridgehead atoms. The van der Waals surface area contributed by atoms with Crippen molar-refractivity contribution in [3.8, 4) is 0 Å². The summed E-state index contributed by atoms with van der Waals surface area (Å²) in [5, 5.41) is 0. The third kappa shape index (κ3) is 5.65. The summed E-state index contributed by atoms with van der Waals surface area (Å²) in [6.45, 7) is 1.63. The maximum atomic E-state index is 6.14. The predicted octanol–water partition coefficient (Wildman–Crippen LogP) is 3.94. The lowest BCUT2D eigenvalue weighted by molar-refractivity contribution is -0.162. The SMILES string of the molecule is COC1CC[C@@H]([C@@H](COCc2ccccc2)OCc2ccccc2)O1. The molecule has 1 fully saturated rings. The minimum Gasteiger partial charge on any atom is -0.374 e. The summed E-state index contributed by atoms with van der Waals surface area (Å²) in [4.78, 5) is 0. The molecule has 3 rings (SSSR count). The van der Waals surface area contributed by atoms with Gasteiger partial charge < -0.3 is 18.9 Å². The number of benzene rings is 2. The van der Waals surface area contributed by atoms with E-state index in [0.29, 0.717) is 19.8 Å². The topological polar surface area (TPSA) is 36.9 Å². The maximum absolute atomic E-state index is 6.14. The van der Waals surface area contributed by atoms with Gasteiger partial charge in [-0.25, -0.2) is 0 Å². The zero-order chi connectivity index (χ0) is 17.3. The van der Waals surface area contributed by atoms with Crippen molar-refractivity contribution in [1.29, 1.82) is 0 Å². The van der Waals surface area contributed by atoms with Gasteiger partial charge in [0.2, 0.25) is 0 Å². The van der Waals surface area contributed by atoms with Crippen LogP contribution in [-0.2, 0) is 32.2 Å². The van der Waals surface area contributed by atoms with Crippen molar-refractivity contribution in [2.45, 2.75) is 44.6 Å². The Morgan fingerprint density at radius 3 is 2.16 bits per heavy atom. The first-order valence-electron chi connectivity index (χ1n) is 8.80. The monoisotopic (exact) mass is 342 g/mol. The van der Waals surface area contributed by atoms with Crippen molar-refractivity contribution in [1.82, 2.24) is 0 Å². The molecule has 2 aromatic rings. The van der Waals surface area contributed by atoms with Gasteiger partial charge in [-0.3, -0.25) is 0 Å². The Bertz CT molecular complexity index is 602. The molecule has 0 aromatic heterocycles. The highest BCUT2D eigenvalue weighted by molar-refractivity contribution is 5.14. The van der Waals surface area contributed by atoms with Crippen LogP contribution in [0.15, 0.2) is 60.7 Å². The van der Waals surface area contributed by atoms with E-state index < -0.39 is 0 Å². The second-order valence-electron chi connectivity index (χ2n) is 6.25. The van der Waals surface area contributed by atoms with Crippen molar-refractivity contribution in [2.75, 3.05) is 13.7 Å². The van der Waals surface area contributed by atoms with Crippen LogP contribution in [0.5, 0.6) is 0 Å². The average Bonchev–Trinajstić information content (AvgIpc) is 3.15. The summed E-state index contributed by atoms with van der Waals surface area (Å²) in [6, 6.07) is 20.3. The Labute approximate surface area is 149 Å². The van der Waals surface area contributed by atoms with Crippen molar-refractivity contribution < 1.29 is 18.9 Å².